The normalized spacial score (nSPS) is 48.0. The van der Waals surface area contributed by atoms with Gasteiger partial charge in [0.15, 0.2) is 0 Å². The molecule has 0 N–H and O–H groups in total. The van der Waals surface area contributed by atoms with E-state index in [1.54, 1.807) is 51.4 Å². The highest BCUT2D eigenvalue weighted by atomic mass is 14.7. The molecule has 0 bridgehead atoms. The molecule has 4 aliphatic rings. The largest absolute Gasteiger partial charge is 0.0496 e. The summed E-state index contributed by atoms with van der Waals surface area (Å²) in [6.07, 6.45) is 12.8. The van der Waals surface area contributed by atoms with Crippen molar-refractivity contribution in [2.45, 2.75) is 51.4 Å². The van der Waals surface area contributed by atoms with E-state index in [1.807, 2.05) is 0 Å². The summed E-state index contributed by atoms with van der Waals surface area (Å²) in [5, 5.41) is 0. The molecule has 2 atom stereocenters. The molecule has 0 heterocycles. The molecule has 4 aliphatic carbocycles. The Labute approximate surface area is 74.7 Å². The van der Waals surface area contributed by atoms with Crippen LogP contribution in [0.2, 0.25) is 0 Å². The van der Waals surface area contributed by atoms with Gasteiger partial charge < -0.3 is 0 Å². The molecular weight excluding hydrogens is 144 g/mol. The molecule has 66 valence electrons. The van der Waals surface area contributed by atoms with E-state index in [9.17, 15) is 0 Å². The van der Waals surface area contributed by atoms with Crippen LogP contribution in [0.15, 0.2) is 0 Å². The van der Waals surface area contributed by atoms with E-state index in [2.05, 4.69) is 0 Å². The van der Waals surface area contributed by atoms with Crippen LogP contribution in [-0.2, 0) is 0 Å². The van der Waals surface area contributed by atoms with E-state index in [0.29, 0.717) is 0 Å². The van der Waals surface area contributed by atoms with Gasteiger partial charge >= 0.3 is 0 Å². The Bertz CT molecular complexity index is 206. The van der Waals surface area contributed by atoms with E-state index in [0.717, 1.165) is 10.8 Å². The first kappa shape index (κ1) is 6.45. The fraction of sp³-hybridized carbons (Fsp3) is 1.00. The summed E-state index contributed by atoms with van der Waals surface area (Å²) in [6.45, 7) is 0. The average Bonchev–Trinajstić information content (AvgIpc) is 2.95. The second-order valence-electron chi connectivity index (χ2n) is 6.10. The molecule has 0 aromatic rings. The van der Waals surface area contributed by atoms with Gasteiger partial charge in [-0.1, -0.05) is 0 Å². The van der Waals surface area contributed by atoms with Crippen molar-refractivity contribution in [3.8, 4) is 0 Å². The minimum absolute atomic E-state index is 0.978. The van der Waals surface area contributed by atoms with Gasteiger partial charge in [0.1, 0.15) is 0 Å². The first-order valence-electron chi connectivity index (χ1n) is 5.83. The van der Waals surface area contributed by atoms with Crippen molar-refractivity contribution in [3.63, 3.8) is 0 Å². The Kier molecular flexibility index (Phi) is 0.875. The molecule has 2 spiro atoms. The molecule has 0 aromatic heterocycles. The number of rotatable bonds is 3. The smallest absolute Gasteiger partial charge is 0.0266 e. The Morgan fingerprint density at radius 1 is 0.750 bits per heavy atom. The lowest BCUT2D eigenvalue weighted by Crippen LogP contribution is -1.86. The zero-order valence-electron chi connectivity index (χ0n) is 7.81. The minimum atomic E-state index is 0.978. The van der Waals surface area contributed by atoms with Crippen LogP contribution in [0.5, 0.6) is 0 Å². The molecule has 4 saturated carbocycles. The van der Waals surface area contributed by atoms with Gasteiger partial charge in [-0.25, -0.2) is 0 Å². The molecule has 0 aromatic carbocycles. The fourth-order valence-corrected chi connectivity index (χ4v) is 3.63. The highest BCUT2D eigenvalue weighted by Gasteiger charge is 2.65. The van der Waals surface area contributed by atoms with Gasteiger partial charge in [0.25, 0.3) is 0 Å². The lowest BCUT2D eigenvalue weighted by Gasteiger charge is -1.96. The van der Waals surface area contributed by atoms with Crippen molar-refractivity contribution in [1.82, 2.24) is 0 Å². The van der Waals surface area contributed by atoms with Crippen LogP contribution in [0.4, 0.5) is 0 Å². The highest BCUT2D eigenvalue weighted by Crippen LogP contribution is 2.75. The quantitative estimate of drug-likeness (QED) is 0.597. The van der Waals surface area contributed by atoms with Crippen molar-refractivity contribution in [3.05, 3.63) is 0 Å². The van der Waals surface area contributed by atoms with E-state index in [-0.39, 0.29) is 0 Å². The van der Waals surface area contributed by atoms with Crippen molar-refractivity contribution in [2.75, 3.05) is 0 Å². The number of hydrogen-bond acceptors (Lipinski definition) is 0. The molecule has 0 amide bonds. The molecular formula is C12H18. The summed E-state index contributed by atoms with van der Waals surface area (Å²) in [4.78, 5) is 0. The van der Waals surface area contributed by atoms with E-state index in [1.165, 1.54) is 11.8 Å². The maximum atomic E-state index is 1.62. The molecule has 0 heteroatoms. The minimum Gasteiger partial charge on any atom is -0.0496 e. The standard InChI is InChI=1S/C12H18/c1(9-7-11(9)3-4-11)2-10-8-12(10)5-6-12/h9-10H,1-8H2. The van der Waals surface area contributed by atoms with Gasteiger partial charge in [0, 0.05) is 0 Å². The van der Waals surface area contributed by atoms with E-state index in [4.69, 9.17) is 0 Å². The van der Waals surface area contributed by atoms with Gasteiger partial charge in [0.05, 0.1) is 0 Å². The summed E-state index contributed by atoms with van der Waals surface area (Å²) in [6, 6.07) is 0. The Morgan fingerprint density at radius 2 is 1.17 bits per heavy atom. The Morgan fingerprint density at radius 3 is 1.42 bits per heavy atom. The van der Waals surface area contributed by atoms with E-state index >= 15 is 0 Å². The number of hydrogen-bond donors (Lipinski definition) is 0. The third-order valence-electron chi connectivity index (χ3n) is 5.37. The van der Waals surface area contributed by atoms with Crippen molar-refractivity contribution < 1.29 is 0 Å². The second kappa shape index (κ2) is 1.63. The van der Waals surface area contributed by atoms with Crippen molar-refractivity contribution >= 4 is 0 Å². The summed E-state index contributed by atoms with van der Waals surface area (Å²) in [7, 11) is 0. The molecule has 2 unspecified atom stereocenters. The first-order chi connectivity index (χ1) is 5.83. The maximum Gasteiger partial charge on any atom is -0.0266 e. The predicted molar refractivity (Wildman–Crippen MR) is 48.8 cm³/mol. The van der Waals surface area contributed by atoms with Crippen LogP contribution in [0.25, 0.3) is 0 Å². The Balaban J connectivity index is 1.29. The van der Waals surface area contributed by atoms with Crippen LogP contribution in [0.3, 0.4) is 0 Å². The van der Waals surface area contributed by atoms with Gasteiger partial charge in [-0.3, -0.25) is 0 Å². The zero-order valence-corrected chi connectivity index (χ0v) is 7.81. The lowest BCUT2D eigenvalue weighted by atomic mass is 10.1. The molecule has 4 rings (SSSR count). The Hall–Kier alpha value is 0. The van der Waals surface area contributed by atoms with Crippen molar-refractivity contribution in [1.29, 1.82) is 0 Å². The molecule has 0 saturated heterocycles. The van der Waals surface area contributed by atoms with Crippen LogP contribution in [-0.4, -0.2) is 0 Å². The van der Waals surface area contributed by atoms with Gasteiger partial charge in [-0.05, 0) is 74.0 Å². The molecule has 12 heavy (non-hydrogen) atoms. The summed E-state index contributed by atoms with van der Waals surface area (Å²) < 4.78 is 0. The van der Waals surface area contributed by atoms with Crippen LogP contribution >= 0.6 is 0 Å². The lowest BCUT2D eigenvalue weighted by molar-refractivity contribution is 0.543. The topological polar surface area (TPSA) is 0 Å². The molecule has 0 radical (unpaired) electrons. The predicted octanol–water partition coefficient (Wildman–Crippen LogP) is 3.37. The first-order valence-corrected chi connectivity index (χ1v) is 5.83. The second-order valence-corrected chi connectivity index (χ2v) is 6.10. The molecule has 4 fully saturated rings. The molecule has 0 aliphatic heterocycles. The summed E-state index contributed by atoms with van der Waals surface area (Å²) in [5.41, 5.74) is 1.96. The molecule has 0 nitrogen and oxygen atoms in total. The van der Waals surface area contributed by atoms with Gasteiger partial charge in [-0.2, -0.15) is 0 Å². The van der Waals surface area contributed by atoms with Crippen LogP contribution in [0.1, 0.15) is 51.4 Å². The maximum absolute atomic E-state index is 1.62. The third-order valence-corrected chi connectivity index (χ3v) is 5.37. The zero-order chi connectivity index (χ0) is 7.81. The van der Waals surface area contributed by atoms with E-state index < -0.39 is 0 Å². The monoisotopic (exact) mass is 162 g/mol. The average molecular weight is 162 g/mol. The van der Waals surface area contributed by atoms with Gasteiger partial charge in [0.2, 0.25) is 0 Å². The van der Waals surface area contributed by atoms with Gasteiger partial charge in [-0.15, -0.1) is 0 Å². The third kappa shape index (κ3) is 0.744. The fourth-order valence-electron chi connectivity index (χ4n) is 3.63. The highest BCUT2D eigenvalue weighted by molar-refractivity contribution is 5.15. The van der Waals surface area contributed by atoms with Crippen LogP contribution in [0, 0.1) is 22.7 Å². The summed E-state index contributed by atoms with van der Waals surface area (Å²) >= 11 is 0. The SMILES string of the molecule is C(CC1CC12CC2)C1CC12CC2. The summed E-state index contributed by atoms with van der Waals surface area (Å²) in [5.74, 6) is 2.41. The van der Waals surface area contributed by atoms with Crippen molar-refractivity contribution in [2.24, 2.45) is 22.7 Å². The van der Waals surface area contributed by atoms with Crippen LogP contribution < -0.4 is 0 Å².